The van der Waals surface area contributed by atoms with Gasteiger partial charge < -0.3 is 20.1 Å². The van der Waals surface area contributed by atoms with Crippen LogP contribution in [-0.2, 0) is 4.74 Å². The number of anilines is 1. The van der Waals surface area contributed by atoms with Gasteiger partial charge in [-0.05, 0) is 50.0 Å². The molecule has 1 aromatic rings. The molecule has 5 heteroatoms. The fraction of sp³-hybridized carbons (Fsp3) is 0.650. The van der Waals surface area contributed by atoms with E-state index in [0.29, 0.717) is 17.6 Å². The van der Waals surface area contributed by atoms with Gasteiger partial charge >= 0.3 is 0 Å². The summed E-state index contributed by atoms with van der Waals surface area (Å²) in [7, 11) is 0. The van der Waals surface area contributed by atoms with E-state index in [2.05, 4.69) is 24.5 Å². The monoisotopic (exact) mass is 366 g/mol. The quantitative estimate of drug-likeness (QED) is 0.380. The molecule has 1 atom stereocenters. The van der Waals surface area contributed by atoms with E-state index in [1.165, 1.54) is 25.7 Å². The zero-order valence-corrected chi connectivity index (χ0v) is 16.8. The van der Waals surface area contributed by atoms with Crippen molar-refractivity contribution < 1.29 is 9.47 Å². The number of para-hydroxylation sites is 2. The molecule has 0 bridgehead atoms. The lowest BCUT2D eigenvalue weighted by Crippen LogP contribution is -2.30. The molecule has 0 radical (unpaired) electrons. The lowest BCUT2D eigenvalue weighted by atomic mass is 10.0. The largest absolute Gasteiger partial charge is 0.492 e. The minimum Gasteiger partial charge on any atom is -0.492 e. The Bertz CT molecular complexity index is 483. The molecular weight excluding hydrogens is 332 g/mol. The van der Waals surface area contributed by atoms with Crippen LogP contribution >= 0.6 is 12.2 Å². The normalized spacial score (nSPS) is 11.8. The predicted molar refractivity (Wildman–Crippen MR) is 111 cm³/mol. The number of hydrogen-bond donors (Lipinski definition) is 2. The van der Waals surface area contributed by atoms with Gasteiger partial charge in [-0.15, -0.1) is 0 Å². The Labute approximate surface area is 158 Å². The van der Waals surface area contributed by atoms with Crippen molar-refractivity contribution in [2.45, 2.75) is 52.9 Å². The highest BCUT2D eigenvalue weighted by atomic mass is 32.1. The average Bonchev–Trinajstić information content (AvgIpc) is 2.62. The smallest absolute Gasteiger partial charge is 0.170 e. The zero-order valence-electron chi connectivity index (χ0n) is 16.0. The summed E-state index contributed by atoms with van der Waals surface area (Å²) in [6.07, 6.45) is 5.98. The van der Waals surface area contributed by atoms with Gasteiger partial charge in [0.2, 0.25) is 0 Å². The summed E-state index contributed by atoms with van der Waals surface area (Å²) in [5, 5.41) is 7.03. The van der Waals surface area contributed by atoms with Gasteiger partial charge in [-0.25, -0.2) is 0 Å². The second-order valence-electron chi connectivity index (χ2n) is 6.16. The number of rotatable bonds is 13. The van der Waals surface area contributed by atoms with Crippen LogP contribution in [-0.4, -0.2) is 31.5 Å². The van der Waals surface area contributed by atoms with E-state index in [1.54, 1.807) is 0 Å². The van der Waals surface area contributed by atoms with Crippen molar-refractivity contribution >= 4 is 23.0 Å². The van der Waals surface area contributed by atoms with E-state index in [0.717, 1.165) is 37.6 Å². The van der Waals surface area contributed by atoms with E-state index < -0.39 is 0 Å². The van der Waals surface area contributed by atoms with Gasteiger partial charge in [-0.3, -0.25) is 0 Å². The third-order valence-corrected chi connectivity index (χ3v) is 4.33. The lowest BCUT2D eigenvalue weighted by molar-refractivity contribution is 0.0928. The van der Waals surface area contributed by atoms with E-state index in [-0.39, 0.29) is 0 Å². The molecule has 0 aromatic heterocycles. The second kappa shape index (κ2) is 13.9. The molecule has 0 saturated heterocycles. The van der Waals surface area contributed by atoms with E-state index in [1.807, 2.05) is 31.2 Å². The first-order valence-electron chi connectivity index (χ1n) is 9.55. The summed E-state index contributed by atoms with van der Waals surface area (Å²) in [5.41, 5.74) is 0.889. The average molecular weight is 367 g/mol. The van der Waals surface area contributed by atoms with Crippen LogP contribution in [0.5, 0.6) is 5.75 Å². The summed E-state index contributed by atoms with van der Waals surface area (Å²) < 4.78 is 11.4. The zero-order chi connectivity index (χ0) is 18.3. The number of thiocarbonyl (C=S) groups is 1. The summed E-state index contributed by atoms with van der Waals surface area (Å²) in [6.45, 7) is 9.54. The van der Waals surface area contributed by atoms with Crippen LogP contribution in [0.15, 0.2) is 24.3 Å². The summed E-state index contributed by atoms with van der Waals surface area (Å²) >= 11 is 5.35. The van der Waals surface area contributed by atoms with Crippen LogP contribution in [0.1, 0.15) is 52.9 Å². The molecule has 0 spiro atoms. The van der Waals surface area contributed by atoms with Gasteiger partial charge in [0.1, 0.15) is 5.75 Å². The minimum atomic E-state index is 0.613. The highest BCUT2D eigenvalue weighted by Gasteiger charge is 2.06. The van der Waals surface area contributed by atoms with Crippen molar-refractivity contribution in [3.63, 3.8) is 0 Å². The minimum absolute atomic E-state index is 0.613. The molecule has 0 heterocycles. The molecule has 1 rings (SSSR count). The molecule has 1 aromatic carbocycles. The van der Waals surface area contributed by atoms with Crippen molar-refractivity contribution in [2.75, 3.05) is 31.7 Å². The lowest BCUT2D eigenvalue weighted by Gasteiger charge is -2.15. The molecule has 0 aliphatic rings. The Hall–Kier alpha value is -1.33. The van der Waals surface area contributed by atoms with Gasteiger partial charge in [0, 0.05) is 19.8 Å². The Kier molecular flexibility index (Phi) is 12.1. The molecule has 0 amide bonds. The second-order valence-corrected chi connectivity index (χ2v) is 6.56. The Balaban J connectivity index is 2.17. The summed E-state index contributed by atoms with van der Waals surface area (Å²) in [4.78, 5) is 0. The highest BCUT2D eigenvalue weighted by Crippen LogP contribution is 2.23. The molecule has 0 aliphatic heterocycles. The molecule has 2 N–H and O–H groups in total. The number of unbranched alkanes of at least 4 members (excludes halogenated alkanes) is 1. The predicted octanol–water partition coefficient (Wildman–Crippen LogP) is 4.99. The maximum atomic E-state index is 5.81. The molecule has 0 saturated carbocycles. The SMILES string of the molecule is CCCCC(CC)COCCCNC(=S)Nc1ccccc1OCC. The molecule has 0 fully saturated rings. The van der Waals surface area contributed by atoms with E-state index >= 15 is 0 Å². The van der Waals surface area contributed by atoms with Crippen LogP contribution in [0.2, 0.25) is 0 Å². The van der Waals surface area contributed by atoms with Crippen LogP contribution in [0, 0.1) is 5.92 Å². The van der Waals surface area contributed by atoms with Crippen molar-refractivity contribution in [3.05, 3.63) is 24.3 Å². The molecular formula is C20H34N2O2S. The Morgan fingerprint density at radius 3 is 2.68 bits per heavy atom. The molecule has 142 valence electrons. The number of benzene rings is 1. The van der Waals surface area contributed by atoms with Gasteiger partial charge in [0.05, 0.1) is 12.3 Å². The fourth-order valence-corrected chi connectivity index (χ4v) is 2.75. The standard InChI is InChI=1S/C20H34N2O2S/c1-4-7-11-17(5-2)16-23-15-10-14-21-20(25)22-18-12-8-9-13-19(18)24-6-3/h8-9,12-13,17H,4-7,10-11,14-16H2,1-3H3,(H2,21,22,25). The van der Waals surface area contributed by atoms with Crippen LogP contribution < -0.4 is 15.4 Å². The number of hydrogen-bond acceptors (Lipinski definition) is 3. The van der Waals surface area contributed by atoms with Crippen LogP contribution in [0.4, 0.5) is 5.69 Å². The van der Waals surface area contributed by atoms with Crippen LogP contribution in [0.25, 0.3) is 0 Å². The molecule has 4 nitrogen and oxygen atoms in total. The van der Waals surface area contributed by atoms with Gasteiger partial charge in [-0.2, -0.15) is 0 Å². The Morgan fingerprint density at radius 2 is 1.96 bits per heavy atom. The maximum absolute atomic E-state index is 5.81. The van der Waals surface area contributed by atoms with E-state index in [4.69, 9.17) is 21.7 Å². The Morgan fingerprint density at radius 1 is 1.16 bits per heavy atom. The fourth-order valence-electron chi connectivity index (χ4n) is 2.54. The number of nitrogens with one attached hydrogen (secondary N) is 2. The van der Waals surface area contributed by atoms with Crippen LogP contribution in [0.3, 0.4) is 0 Å². The molecule has 25 heavy (non-hydrogen) atoms. The molecule has 1 unspecified atom stereocenters. The van der Waals surface area contributed by atoms with Crippen molar-refractivity contribution in [3.8, 4) is 5.75 Å². The summed E-state index contributed by atoms with van der Waals surface area (Å²) in [6, 6.07) is 7.81. The highest BCUT2D eigenvalue weighted by molar-refractivity contribution is 7.80. The number of ether oxygens (including phenoxy) is 2. The van der Waals surface area contributed by atoms with Gasteiger partial charge in [0.25, 0.3) is 0 Å². The van der Waals surface area contributed by atoms with Crippen molar-refractivity contribution in [1.82, 2.24) is 5.32 Å². The third kappa shape index (κ3) is 9.66. The summed E-state index contributed by atoms with van der Waals surface area (Å²) in [5.74, 6) is 1.51. The van der Waals surface area contributed by atoms with E-state index in [9.17, 15) is 0 Å². The first-order valence-corrected chi connectivity index (χ1v) is 9.96. The topological polar surface area (TPSA) is 42.5 Å². The molecule has 0 aliphatic carbocycles. The van der Waals surface area contributed by atoms with Gasteiger partial charge in [-0.1, -0.05) is 45.2 Å². The van der Waals surface area contributed by atoms with Crippen molar-refractivity contribution in [1.29, 1.82) is 0 Å². The maximum Gasteiger partial charge on any atom is 0.170 e. The first-order chi connectivity index (χ1) is 12.2. The third-order valence-electron chi connectivity index (χ3n) is 4.08. The van der Waals surface area contributed by atoms with Gasteiger partial charge in [0.15, 0.2) is 5.11 Å². The first kappa shape index (κ1) is 21.7. The van der Waals surface area contributed by atoms with Crippen molar-refractivity contribution in [2.24, 2.45) is 5.92 Å².